The van der Waals surface area contributed by atoms with Crippen LogP contribution in [-0.4, -0.2) is 12.5 Å². The second kappa shape index (κ2) is 5.25. The monoisotopic (exact) mass is 183 g/mol. The predicted molar refractivity (Wildman–Crippen MR) is 54.4 cm³/mol. The zero-order valence-electron chi connectivity index (χ0n) is 8.81. The van der Waals surface area contributed by atoms with Gasteiger partial charge in [-0.1, -0.05) is 33.1 Å². The molecular weight excluding hydrogens is 162 g/mol. The van der Waals surface area contributed by atoms with Crippen LogP contribution in [0.15, 0.2) is 0 Å². The number of amides is 1. The van der Waals surface area contributed by atoms with Crippen molar-refractivity contribution in [1.82, 2.24) is 5.32 Å². The second-order valence-corrected chi connectivity index (χ2v) is 4.04. The van der Waals surface area contributed by atoms with E-state index in [9.17, 15) is 4.79 Å². The molecule has 1 rings (SSSR count). The Morgan fingerprint density at radius 2 is 2.08 bits per heavy atom. The minimum atomic E-state index is 0.294. The third kappa shape index (κ3) is 2.71. The third-order valence-corrected chi connectivity index (χ3v) is 2.97. The first kappa shape index (κ1) is 10.6. The van der Waals surface area contributed by atoms with Crippen molar-refractivity contribution in [3.05, 3.63) is 0 Å². The molecule has 76 valence electrons. The van der Waals surface area contributed by atoms with Crippen molar-refractivity contribution < 1.29 is 4.79 Å². The summed E-state index contributed by atoms with van der Waals surface area (Å²) in [6.07, 6.45) is 5.92. The van der Waals surface area contributed by atoms with E-state index in [1.807, 2.05) is 0 Å². The van der Waals surface area contributed by atoms with Crippen LogP contribution in [0.1, 0.15) is 46.0 Å². The maximum atomic E-state index is 11.4. The van der Waals surface area contributed by atoms with Crippen LogP contribution in [0.2, 0.25) is 0 Å². The highest BCUT2D eigenvalue weighted by Gasteiger charge is 2.32. The summed E-state index contributed by atoms with van der Waals surface area (Å²) in [6, 6.07) is 0. The molecule has 0 bridgehead atoms. The molecule has 13 heavy (non-hydrogen) atoms. The molecule has 1 N–H and O–H groups in total. The van der Waals surface area contributed by atoms with Crippen LogP contribution in [-0.2, 0) is 4.79 Å². The number of carbonyl (C=O) groups is 1. The Morgan fingerprint density at radius 3 is 2.69 bits per heavy atom. The summed E-state index contributed by atoms with van der Waals surface area (Å²) in [5, 5.41) is 2.97. The van der Waals surface area contributed by atoms with Gasteiger partial charge in [-0.25, -0.2) is 0 Å². The van der Waals surface area contributed by atoms with Gasteiger partial charge in [0.2, 0.25) is 5.91 Å². The van der Waals surface area contributed by atoms with Crippen molar-refractivity contribution in [1.29, 1.82) is 0 Å². The fourth-order valence-corrected chi connectivity index (χ4v) is 2.17. The minimum absolute atomic E-state index is 0.294. The highest BCUT2D eigenvalue weighted by Crippen LogP contribution is 2.27. The Bertz CT molecular complexity index is 167. The van der Waals surface area contributed by atoms with E-state index in [1.54, 1.807) is 0 Å². The molecule has 2 heteroatoms. The van der Waals surface area contributed by atoms with Gasteiger partial charge in [0.15, 0.2) is 0 Å². The quantitative estimate of drug-likeness (QED) is 0.696. The normalized spacial score (nSPS) is 27.7. The molecular formula is C11H21NO. The van der Waals surface area contributed by atoms with Crippen molar-refractivity contribution >= 4 is 5.91 Å². The maximum Gasteiger partial charge on any atom is 0.223 e. The van der Waals surface area contributed by atoms with Gasteiger partial charge in [0.1, 0.15) is 0 Å². The van der Waals surface area contributed by atoms with Crippen LogP contribution in [0.4, 0.5) is 0 Å². The van der Waals surface area contributed by atoms with Crippen LogP contribution in [0, 0.1) is 11.8 Å². The van der Waals surface area contributed by atoms with Gasteiger partial charge in [0.25, 0.3) is 0 Å². The number of rotatable bonds is 5. The van der Waals surface area contributed by atoms with E-state index >= 15 is 0 Å². The van der Waals surface area contributed by atoms with Crippen molar-refractivity contribution in [2.45, 2.75) is 46.0 Å². The fraction of sp³-hybridized carbons (Fsp3) is 0.909. The van der Waals surface area contributed by atoms with E-state index in [0.29, 0.717) is 17.7 Å². The molecule has 0 aliphatic carbocycles. The molecule has 2 unspecified atom stereocenters. The van der Waals surface area contributed by atoms with Gasteiger partial charge in [-0.15, -0.1) is 0 Å². The largest absolute Gasteiger partial charge is 0.356 e. The average molecular weight is 183 g/mol. The summed E-state index contributed by atoms with van der Waals surface area (Å²) < 4.78 is 0. The molecule has 1 aliphatic heterocycles. The molecule has 0 saturated carbocycles. The molecule has 1 saturated heterocycles. The van der Waals surface area contributed by atoms with Crippen LogP contribution in [0.3, 0.4) is 0 Å². The molecule has 0 aromatic rings. The van der Waals surface area contributed by atoms with Gasteiger partial charge in [0.05, 0.1) is 0 Å². The molecule has 0 radical (unpaired) electrons. The zero-order valence-corrected chi connectivity index (χ0v) is 8.81. The summed E-state index contributed by atoms with van der Waals surface area (Å²) in [5.41, 5.74) is 0. The summed E-state index contributed by atoms with van der Waals surface area (Å²) in [4.78, 5) is 11.4. The Kier molecular flexibility index (Phi) is 4.26. The first-order valence-electron chi connectivity index (χ1n) is 5.57. The summed E-state index contributed by atoms with van der Waals surface area (Å²) >= 11 is 0. The fourth-order valence-electron chi connectivity index (χ4n) is 2.17. The van der Waals surface area contributed by atoms with E-state index in [1.165, 1.54) is 19.3 Å². The van der Waals surface area contributed by atoms with Crippen molar-refractivity contribution in [3.63, 3.8) is 0 Å². The number of hydrogen-bond donors (Lipinski definition) is 1. The highest BCUT2D eigenvalue weighted by molar-refractivity contribution is 5.81. The molecule has 1 amide bonds. The van der Waals surface area contributed by atoms with Crippen molar-refractivity contribution in [3.8, 4) is 0 Å². The second-order valence-electron chi connectivity index (χ2n) is 4.04. The number of carbonyl (C=O) groups excluding carboxylic acids is 1. The minimum Gasteiger partial charge on any atom is -0.356 e. The molecule has 0 aromatic heterocycles. The molecule has 1 heterocycles. The number of hydrogen-bond acceptors (Lipinski definition) is 1. The zero-order chi connectivity index (χ0) is 9.68. The van der Waals surface area contributed by atoms with Gasteiger partial charge in [-0.2, -0.15) is 0 Å². The van der Waals surface area contributed by atoms with E-state index < -0.39 is 0 Å². The Hall–Kier alpha value is -0.530. The predicted octanol–water partition coefficient (Wildman–Crippen LogP) is 2.34. The van der Waals surface area contributed by atoms with Gasteiger partial charge in [-0.3, -0.25) is 4.79 Å². The smallest absolute Gasteiger partial charge is 0.223 e. The number of nitrogens with one attached hydrogen (secondary N) is 1. The Balaban J connectivity index is 2.39. The lowest BCUT2D eigenvalue weighted by molar-refractivity contribution is -0.123. The van der Waals surface area contributed by atoms with Crippen molar-refractivity contribution in [2.75, 3.05) is 6.54 Å². The molecule has 0 aromatic carbocycles. The van der Waals surface area contributed by atoms with Gasteiger partial charge >= 0.3 is 0 Å². The van der Waals surface area contributed by atoms with Gasteiger partial charge < -0.3 is 5.32 Å². The standard InChI is InChI=1S/C11H21NO/c1-3-5-7-9-8-12-11(13)10(9)6-4-2/h9-10H,3-8H2,1-2H3,(H,12,13). The SMILES string of the molecule is CCCCC1CNC(=O)C1CCC. The first-order valence-corrected chi connectivity index (χ1v) is 5.57. The van der Waals surface area contributed by atoms with Crippen LogP contribution in [0.25, 0.3) is 0 Å². The summed E-state index contributed by atoms with van der Waals surface area (Å²) in [7, 11) is 0. The van der Waals surface area contributed by atoms with Gasteiger partial charge in [-0.05, 0) is 18.8 Å². The van der Waals surface area contributed by atoms with E-state index in [4.69, 9.17) is 0 Å². The molecule has 2 nitrogen and oxygen atoms in total. The van der Waals surface area contributed by atoms with Crippen LogP contribution >= 0.6 is 0 Å². The maximum absolute atomic E-state index is 11.4. The summed E-state index contributed by atoms with van der Waals surface area (Å²) in [6.45, 7) is 5.28. The topological polar surface area (TPSA) is 29.1 Å². The third-order valence-electron chi connectivity index (χ3n) is 2.97. The van der Waals surface area contributed by atoms with E-state index in [0.717, 1.165) is 19.4 Å². The molecule has 1 fully saturated rings. The van der Waals surface area contributed by atoms with E-state index in [-0.39, 0.29) is 0 Å². The first-order chi connectivity index (χ1) is 6.29. The highest BCUT2D eigenvalue weighted by atomic mass is 16.2. The molecule has 2 atom stereocenters. The molecule has 0 spiro atoms. The Labute approximate surface area is 81.1 Å². The van der Waals surface area contributed by atoms with Crippen LogP contribution < -0.4 is 5.32 Å². The number of unbranched alkanes of at least 4 members (excludes halogenated alkanes) is 1. The average Bonchev–Trinajstić information content (AvgIpc) is 2.46. The summed E-state index contributed by atoms with van der Waals surface area (Å²) in [5.74, 6) is 1.23. The lowest BCUT2D eigenvalue weighted by Gasteiger charge is -2.14. The Morgan fingerprint density at radius 1 is 1.31 bits per heavy atom. The van der Waals surface area contributed by atoms with E-state index in [2.05, 4.69) is 19.2 Å². The van der Waals surface area contributed by atoms with Crippen molar-refractivity contribution in [2.24, 2.45) is 11.8 Å². The molecule has 1 aliphatic rings. The lowest BCUT2D eigenvalue weighted by atomic mass is 9.87. The van der Waals surface area contributed by atoms with Crippen LogP contribution in [0.5, 0.6) is 0 Å². The lowest BCUT2D eigenvalue weighted by Crippen LogP contribution is -2.19. The van der Waals surface area contributed by atoms with Gasteiger partial charge in [0, 0.05) is 12.5 Å².